The lowest BCUT2D eigenvalue weighted by atomic mass is 10.1. The van der Waals surface area contributed by atoms with Crippen LogP contribution >= 0.6 is 0 Å². The molecule has 0 fully saturated rings. The van der Waals surface area contributed by atoms with Crippen molar-refractivity contribution in [3.8, 4) is 0 Å². The summed E-state index contributed by atoms with van der Waals surface area (Å²) in [5.74, 6) is 0.168. The van der Waals surface area contributed by atoms with Crippen LogP contribution in [0.4, 0.5) is 4.39 Å². The van der Waals surface area contributed by atoms with Gasteiger partial charge in [-0.2, -0.15) is 0 Å². The van der Waals surface area contributed by atoms with E-state index in [0.717, 1.165) is 5.56 Å². The molecule has 0 radical (unpaired) electrons. The predicted molar refractivity (Wildman–Crippen MR) is 72.0 cm³/mol. The summed E-state index contributed by atoms with van der Waals surface area (Å²) in [5.41, 5.74) is 7.31. The molecule has 1 unspecified atom stereocenters. The molecule has 92 valence electrons. The van der Waals surface area contributed by atoms with Crippen LogP contribution in [0.2, 0.25) is 0 Å². The van der Waals surface area contributed by atoms with Crippen molar-refractivity contribution in [3.63, 3.8) is 0 Å². The molecule has 3 heteroatoms. The van der Waals surface area contributed by atoms with Gasteiger partial charge in [-0.15, -0.1) is 0 Å². The normalized spacial score (nSPS) is 13.3. The fourth-order valence-electron chi connectivity index (χ4n) is 1.78. The van der Waals surface area contributed by atoms with E-state index < -0.39 is 0 Å². The van der Waals surface area contributed by atoms with Crippen molar-refractivity contribution < 1.29 is 4.39 Å². The van der Waals surface area contributed by atoms with Gasteiger partial charge in [0.1, 0.15) is 11.7 Å². The average molecular weight is 242 g/mol. The molecule has 0 saturated carbocycles. The first-order chi connectivity index (χ1) is 8.68. The van der Waals surface area contributed by atoms with Crippen molar-refractivity contribution in [2.75, 3.05) is 0 Å². The topological polar surface area (TPSA) is 38.4 Å². The van der Waals surface area contributed by atoms with E-state index in [1.807, 2.05) is 37.3 Å². The number of rotatable bonds is 3. The molecule has 0 spiro atoms. The van der Waals surface area contributed by atoms with Crippen molar-refractivity contribution >= 4 is 5.84 Å². The largest absolute Gasteiger partial charge is 0.383 e. The number of hydrogen-bond donors (Lipinski definition) is 1. The molecule has 2 aromatic rings. The molecule has 2 rings (SSSR count). The third kappa shape index (κ3) is 2.74. The van der Waals surface area contributed by atoms with Crippen molar-refractivity contribution in [3.05, 3.63) is 71.5 Å². The first-order valence-corrected chi connectivity index (χ1v) is 5.81. The number of nitrogens with two attached hydrogens (primary N) is 1. The molecule has 18 heavy (non-hydrogen) atoms. The zero-order valence-corrected chi connectivity index (χ0v) is 10.2. The van der Waals surface area contributed by atoms with Gasteiger partial charge in [0.2, 0.25) is 0 Å². The fourth-order valence-corrected chi connectivity index (χ4v) is 1.78. The van der Waals surface area contributed by atoms with E-state index >= 15 is 0 Å². The van der Waals surface area contributed by atoms with Gasteiger partial charge in [-0.3, -0.25) is 4.99 Å². The molecule has 2 aromatic carbocycles. The third-order valence-electron chi connectivity index (χ3n) is 2.76. The van der Waals surface area contributed by atoms with Crippen LogP contribution in [0.25, 0.3) is 0 Å². The quantitative estimate of drug-likeness (QED) is 0.651. The molecule has 0 amide bonds. The number of aliphatic imine (C=N–C) groups is 1. The van der Waals surface area contributed by atoms with Gasteiger partial charge < -0.3 is 5.73 Å². The molecule has 0 aliphatic rings. The van der Waals surface area contributed by atoms with E-state index in [4.69, 9.17) is 5.73 Å². The second-order valence-electron chi connectivity index (χ2n) is 4.08. The Morgan fingerprint density at radius 2 is 1.67 bits per heavy atom. The second kappa shape index (κ2) is 5.45. The minimum Gasteiger partial charge on any atom is -0.383 e. The van der Waals surface area contributed by atoms with Gasteiger partial charge in [0, 0.05) is 11.1 Å². The molecule has 0 aliphatic heterocycles. The Morgan fingerprint density at radius 3 is 2.33 bits per heavy atom. The first-order valence-electron chi connectivity index (χ1n) is 5.81. The van der Waals surface area contributed by atoms with Crippen molar-refractivity contribution in [2.24, 2.45) is 10.7 Å². The van der Waals surface area contributed by atoms with E-state index in [2.05, 4.69) is 4.99 Å². The minimum atomic E-state index is -0.300. The van der Waals surface area contributed by atoms with Crippen LogP contribution in [0.5, 0.6) is 0 Å². The molecular formula is C15H15FN2. The average Bonchev–Trinajstić information content (AvgIpc) is 2.40. The Hall–Kier alpha value is -2.16. The van der Waals surface area contributed by atoms with Crippen LogP contribution in [0.3, 0.4) is 0 Å². The number of nitrogens with zero attached hydrogens (tertiary/aromatic N) is 1. The van der Waals surface area contributed by atoms with Crippen LogP contribution < -0.4 is 5.73 Å². The molecule has 2 N–H and O–H groups in total. The summed E-state index contributed by atoms with van der Waals surface area (Å²) in [5, 5.41) is 0. The maximum Gasteiger partial charge on any atom is 0.128 e. The van der Waals surface area contributed by atoms with E-state index in [-0.39, 0.29) is 11.9 Å². The summed E-state index contributed by atoms with van der Waals surface area (Å²) in [6.45, 7) is 1.83. The zero-order valence-electron chi connectivity index (χ0n) is 10.2. The molecule has 0 saturated heterocycles. The standard InChI is InChI=1S/C15H15FN2/c1-11(13-9-5-6-10-14(13)16)18-15(17)12-7-3-2-4-8-12/h2-11H,1H3,(H2,17,18). The minimum absolute atomic E-state index is 0.255. The van der Waals surface area contributed by atoms with E-state index in [1.165, 1.54) is 6.07 Å². The van der Waals surface area contributed by atoms with E-state index in [0.29, 0.717) is 11.4 Å². The van der Waals surface area contributed by atoms with Gasteiger partial charge in [0.05, 0.1) is 6.04 Å². The fraction of sp³-hybridized carbons (Fsp3) is 0.133. The molecule has 2 nitrogen and oxygen atoms in total. The highest BCUT2D eigenvalue weighted by atomic mass is 19.1. The third-order valence-corrected chi connectivity index (χ3v) is 2.76. The lowest BCUT2D eigenvalue weighted by molar-refractivity contribution is 0.594. The van der Waals surface area contributed by atoms with E-state index in [9.17, 15) is 4.39 Å². The monoisotopic (exact) mass is 242 g/mol. The van der Waals surface area contributed by atoms with Gasteiger partial charge >= 0.3 is 0 Å². The Morgan fingerprint density at radius 1 is 1.06 bits per heavy atom. The Balaban J connectivity index is 2.26. The smallest absolute Gasteiger partial charge is 0.128 e. The Labute approximate surface area is 106 Å². The summed E-state index contributed by atoms with van der Waals surface area (Å²) >= 11 is 0. The summed E-state index contributed by atoms with van der Waals surface area (Å²) in [6.07, 6.45) is 0. The number of halogens is 1. The molecule has 0 heterocycles. The summed E-state index contributed by atoms with van der Waals surface area (Å²) in [6, 6.07) is 15.8. The maximum atomic E-state index is 13.6. The maximum absolute atomic E-state index is 13.6. The van der Waals surface area contributed by atoms with Crippen molar-refractivity contribution in [1.29, 1.82) is 0 Å². The van der Waals surface area contributed by atoms with Crippen LogP contribution in [0, 0.1) is 5.82 Å². The molecule has 0 aromatic heterocycles. The molecule has 1 atom stereocenters. The van der Waals surface area contributed by atoms with Crippen molar-refractivity contribution in [2.45, 2.75) is 13.0 Å². The van der Waals surface area contributed by atoms with Crippen LogP contribution in [0.1, 0.15) is 24.1 Å². The van der Waals surface area contributed by atoms with E-state index in [1.54, 1.807) is 18.2 Å². The lowest BCUT2D eigenvalue weighted by Crippen LogP contribution is -2.14. The van der Waals surface area contributed by atoms with Gasteiger partial charge in [-0.25, -0.2) is 4.39 Å². The molecular weight excluding hydrogens is 227 g/mol. The van der Waals surface area contributed by atoms with Crippen molar-refractivity contribution in [1.82, 2.24) is 0 Å². The van der Waals surface area contributed by atoms with Crippen LogP contribution in [-0.2, 0) is 0 Å². The van der Waals surface area contributed by atoms with Gasteiger partial charge in [-0.05, 0) is 13.0 Å². The molecule has 0 bridgehead atoms. The highest BCUT2D eigenvalue weighted by Crippen LogP contribution is 2.20. The summed E-state index contributed by atoms with van der Waals surface area (Å²) in [4.78, 5) is 4.33. The number of benzene rings is 2. The second-order valence-corrected chi connectivity index (χ2v) is 4.08. The molecule has 0 aliphatic carbocycles. The summed E-state index contributed by atoms with van der Waals surface area (Å²) in [7, 11) is 0. The van der Waals surface area contributed by atoms with Gasteiger partial charge in [0.15, 0.2) is 0 Å². The van der Waals surface area contributed by atoms with Crippen LogP contribution in [-0.4, -0.2) is 5.84 Å². The summed E-state index contributed by atoms with van der Waals surface area (Å²) < 4.78 is 13.6. The van der Waals surface area contributed by atoms with Gasteiger partial charge in [0.25, 0.3) is 0 Å². The number of hydrogen-bond acceptors (Lipinski definition) is 1. The van der Waals surface area contributed by atoms with Crippen LogP contribution in [0.15, 0.2) is 59.6 Å². The Bertz CT molecular complexity index is 549. The lowest BCUT2D eigenvalue weighted by Gasteiger charge is -2.09. The van der Waals surface area contributed by atoms with Gasteiger partial charge in [-0.1, -0.05) is 48.5 Å². The number of amidine groups is 1. The highest BCUT2D eigenvalue weighted by molar-refractivity contribution is 5.97. The zero-order chi connectivity index (χ0) is 13.0. The predicted octanol–water partition coefficient (Wildman–Crippen LogP) is 3.29. The highest BCUT2D eigenvalue weighted by Gasteiger charge is 2.09. The SMILES string of the molecule is CC(N=C(N)c1ccccc1)c1ccccc1F. The Kier molecular flexibility index (Phi) is 3.72. The first kappa shape index (κ1) is 12.3.